The number of fused-ring (bicyclic) bond motifs is 1. The number of H-pyrrole nitrogens is 1. The van der Waals surface area contributed by atoms with Gasteiger partial charge in [0.2, 0.25) is 0 Å². The van der Waals surface area contributed by atoms with Crippen molar-refractivity contribution >= 4 is 11.2 Å². The second-order valence-electron chi connectivity index (χ2n) is 4.30. The van der Waals surface area contributed by atoms with Crippen LogP contribution in [0.5, 0.6) is 0 Å². The van der Waals surface area contributed by atoms with E-state index in [0.717, 1.165) is 4.57 Å². The van der Waals surface area contributed by atoms with Crippen molar-refractivity contribution < 1.29 is 20.1 Å². The Labute approximate surface area is 106 Å². The molecule has 2 aromatic heterocycles. The largest absolute Gasteiger partial charge is 0.394 e. The van der Waals surface area contributed by atoms with Gasteiger partial charge in [0.25, 0.3) is 5.56 Å². The van der Waals surface area contributed by atoms with E-state index in [1.807, 2.05) is 0 Å². The molecule has 0 saturated carbocycles. The summed E-state index contributed by atoms with van der Waals surface area (Å²) in [7, 11) is 0. The molecule has 0 amide bonds. The van der Waals surface area contributed by atoms with E-state index >= 15 is 0 Å². The highest BCUT2D eigenvalue weighted by atomic mass is 16.6. The lowest BCUT2D eigenvalue weighted by atomic mass is 10.1. The number of hydrogen-bond acceptors (Lipinski definition) is 7. The highest BCUT2D eigenvalue weighted by molar-refractivity contribution is 5.69. The van der Waals surface area contributed by atoms with Gasteiger partial charge in [0.1, 0.15) is 23.8 Å². The molecule has 0 radical (unpaired) electrons. The zero-order valence-corrected chi connectivity index (χ0v) is 9.67. The van der Waals surface area contributed by atoms with Crippen LogP contribution >= 0.6 is 0 Å². The lowest BCUT2D eigenvalue weighted by molar-refractivity contribution is -0.0524. The first-order valence-corrected chi connectivity index (χ1v) is 5.68. The summed E-state index contributed by atoms with van der Waals surface area (Å²) in [6.45, 7) is -0.460. The zero-order valence-electron chi connectivity index (χ0n) is 9.67. The van der Waals surface area contributed by atoms with Crippen LogP contribution in [0.2, 0.25) is 0 Å². The fraction of sp³-hybridized carbons (Fsp3) is 0.500. The maximum absolute atomic E-state index is 11.9. The van der Waals surface area contributed by atoms with Crippen LogP contribution in [0, 0.1) is 0 Å². The summed E-state index contributed by atoms with van der Waals surface area (Å²) < 4.78 is 6.41. The molecule has 4 N–H and O–H groups in total. The first-order chi connectivity index (χ1) is 9.13. The Kier molecular flexibility index (Phi) is 2.82. The van der Waals surface area contributed by atoms with Crippen LogP contribution in [0.3, 0.4) is 0 Å². The highest BCUT2D eigenvalue weighted by Gasteiger charge is 2.44. The van der Waals surface area contributed by atoms with Crippen molar-refractivity contribution in [3.8, 4) is 0 Å². The minimum absolute atomic E-state index is 0.210. The van der Waals surface area contributed by atoms with Gasteiger partial charge in [0.15, 0.2) is 11.9 Å². The number of hydrogen-bond donors (Lipinski definition) is 4. The van der Waals surface area contributed by atoms with Gasteiger partial charge in [0, 0.05) is 6.07 Å². The fourth-order valence-electron chi connectivity index (χ4n) is 2.20. The minimum atomic E-state index is -1.34. The number of pyridine rings is 1. The Morgan fingerprint density at radius 3 is 2.79 bits per heavy atom. The monoisotopic (exact) mass is 268 g/mol. The molecule has 0 unspecified atom stereocenters. The number of ether oxygens (including phenoxy) is 1. The van der Waals surface area contributed by atoms with Crippen molar-refractivity contribution in [3.63, 3.8) is 0 Å². The summed E-state index contributed by atoms with van der Waals surface area (Å²) in [5, 5.41) is 38.7. The topological polar surface area (TPSA) is 133 Å². The summed E-state index contributed by atoms with van der Waals surface area (Å²) >= 11 is 0. The molecule has 0 aliphatic carbocycles. The molecular formula is C10H12N4O5. The predicted molar refractivity (Wildman–Crippen MR) is 61.2 cm³/mol. The van der Waals surface area contributed by atoms with Crippen LogP contribution in [-0.4, -0.2) is 60.2 Å². The molecule has 19 heavy (non-hydrogen) atoms. The van der Waals surface area contributed by atoms with Crippen molar-refractivity contribution in [2.45, 2.75) is 24.5 Å². The molecule has 0 spiro atoms. The van der Waals surface area contributed by atoms with E-state index < -0.39 is 36.7 Å². The van der Waals surface area contributed by atoms with Crippen LogP contribution in [0.25, 0.3) is 11.2 Å². The van der Waals surface area contributed by atoms with Crippen molar-refractivity contribution in [2.24, 2.45) is 0 Å². The molecule has 1 aliphatic heterocycles. The van der Waals surface area contributed by atoms with Crippen molar-refractivity contribution in [2.75, 3.05) is 6.61 Å². The predicted octanol–water partition coefficient (Wildman–Crippen LogP) is -2.27. The molecule has 9 nitrogen and oxygen atoms in total. The molecule has 1 saturated heterocycles. The van der Waals surface area contributed by atoms with Crippen LogP contribution in [0.4, 0.5) is 0 Å². The Morgan fingerprint density at radius 1 is 1.32 bits per heavy atom. The van der Waals surface area contributed by atoms with Gasteiger partial charge >= 0.3 is 0 Å². The summed E-state index contributed by atoms with van der Waals surface area (Å²) in [5.74, 6) is 0. The highest BCUT2D eigenvalue weighted by Crippen LogP contribution is 2.29. The molecule has 9 heteroatoms. The van der Waals surface area contributed by atoms with E-state index in [0.29, 0.717) is 5.52 Å². The zero-order chi connectivity index (χ0) is 13.6. The van der Waals surface area contributed by atoms with Gasteiger partial charge in [0.05, 0.1) is 6.61 Å². The van der Waals surface area contributed by atoms with Crippen molar-refractivity contribution in [1.29, 1.82) is 0 Å². The molecule has 0 aromatic carbocycles. The van der Waals surface area contributed by atoms with E-state index in [1.165, 1.54) is 12.1 Å². The molecule has 1 fully saturated rings. The van der Waals surface area contributed by atoms with Crippen LogP contribution in [0.15, 0.2) is 16.9 Å². The van der Waals surface area contributed by atoms with Gasteiger partial charge in [-0.25, -0.2) is 0 Å². The number of nitrogens with zero attached hydrogens (tertiary/aromatic N) is 3. The second-order valence-corrected chi connectivity index (χ2v) is 4.30. The maximum Gasteiger partial charge on any atom is 0.254 e. The molecule has 102 valence electrons. The average molecular weight is 268 g/mol. The molecule has 0 bridgehead atoms. The van der Waals surface area contributed by atoms with Gasteiger partial charge in [-0.2, -0.15) is 10.3 Å². The van der Waals surface area contributed by atoms with Crippen LogP contribution < -0.4 is 5.56 Å². The Balaban J connectivity index is 2.12. The fourth-order valence-corrected chi connectivity index (χ4v) is 2.20. The van der Waals surface area contributed by atoms with Crippen LogP contribution in [0.1, 0.15) is 6.23 Å². The second kappa shape index (κ2) is 4.38. The smallest absolute Gasteiger partial charge is 0.254 e. The number of aliphatic hydroxyl groups is 3. The Bertz CT molecular complexity index is 653. The van der Waals surface area contributed by atoms with Crippen LogP contribution in [-0.2, 0) is 4.74 Å². The lowest BCUT2D eigenvalue weighted by Gasteiger charge is -2.17. The third-order valence-electron chi connectivity index (χ3n) is 3.18. The van der Waals surface area contributed by atoms with E-state index in [4.69, 9.17) is 9.84 Å². The molecule has 3 heterocycles. The summed E-state index contributed by atoms with van der Waals surface area (Å²) in [6, 6.07) is 2.75. The molecular weight excluding hydrogens is 256 g/mol. The van der Waals surface area contributed by atoms with Gasteiger partial charge in [-0.05, 0) is 6.07 Å². The Morgan fingerprint density at radius 2 is 2.11 bits per heavy atom. The van der Waals surface area contributed by atoms with Gasteiger partial charge < -0.3 is 20.1 Å². The first-order valence-electron chi connectivity index (χ1n) is 5.68. The summed E-state index contributed by atoms with van der Waals surface area (Å²) in [4.78, 5) is 11.9. The third kappa shape index (κ3) is 1.75. The number of aromatic nitrogens is 4. The van der Waals surface area contributed by atoms with E-state index in [9.17, 15) is 15.0 Å². The first kappa shape index (κ1) is 12.2. The van der Waals surface area contributed by atoms with E-state index in [-0.39, 0.29) is 5.65 Å². The normalized spacial score (nSPS) is 31.1. The number of nitrogens with one attached hydrogen (secondary N) is 1. The summed E-state index contributed by atoms with van der Waals surface area (Å²) in [6.07, 6.45) is -4.68. The van der Waals surface area contributed by atoms with Crippen molar-refractivity contribution in [3.05, 3.63) is 22.5 Å². The SMILES string of the molecule is O=c1ccc2n[nH]nc2n1[C@@H]1O[C@H](CO)[C@H](O)[C@H]1O. The molecule has 3 rings (SSSR count). The van der Waals surface area contributed by atoms with E-state index in [2.05, 4.69) is 15.4 Å². The van der Waals surface area contributed by atoms with Gasteiger partial charge in [-0.15, -0.1) is 5.10 Å². The molecule has 1 aliphatic rings. The number of rotatable bonds is 2. The number of aliphatic hydroxyl groups excluding tert-OH is 3. The van der Waals surface area contributed by atoms with Gasteiger partial charge in [-0.1, -0.05) is 0 Å². The third-order valence-corrected chi connectivity index (χ3v) is 3.18. The van der Waals surface area contributed by atoms with Crippen molar-refractivity contribution in [1.82, 2.24) is 20.0 Å². The Hall–Kier alpha value is -1.81. The number of aromatic amines is 1. The quantitative estimate of drug-likeness (QED) is 0.482. The standard InChI is InChI=1S/C10H12N4O5/c15-3-5-7(17)8(18)10(19-5)14-6(16)2-1-4-9(14)12-13-11-4/h1-2,5,7-8,10,15,17-18H,3H2,(H,11,12,13)/t5-,7+,8-,10-/m1/s1. The summed E-state index contributed by atoms with van der Waals surface area (Å²) in [5.41, 5.74) is 0.191. The molecule has 4 atom stereocenters. The average Bonchev–Trinajstić information content (AvgIpc) is 2.97. The molecule has 2 aromatic rings. The lowest BCUT2D eigenvalue weighted by Crippen LogP contribution is -2.35. The maximum atomic E-state index is 11.9. The van der Waals surface area contributed by atoms with E-state index in [1.54, 1.807) is 0 Å². The minimum Gasteiger partial charge on any atom is -0.394 e. The van der Waals surface area contributed by atoms with Gasteiger partial charge in [-0.3, -0.25) is 9.36 Å².